The number of rotatable bonds is 3. The second-order valence-electron chi connectivity index (χ2n) is 4.97. The molecule has 6 heteroatoms. The summed E-state index contributed by atoms with van der Waals surface area (Å²) in [5, 5.41) is 5.03. The van der Waals surface area contributed by atoms with E-state index in [1.54, 1.807) is 11.3 Å². The van der Waals surface area contributed by atoms with Crippen LogP contribution in [0.2, 0.25) is 0 Å². The fourth-order valence-electron chi connectivity index (χ4n) is 1.80. The zero-order valence-corrected chi connectivity index (χ0v) is 12.6. The van der Waals surface area contributed by atoms with Crippen LogP contribution in [0.15, 0.2) is 17.6 Å². The number of nitrogens with one attached hydrogen (secondary N) is 1. The van der Waals surface area contributed by atoms with Crippen LogP contribution in [0.1, 0.15) is 30.4 Å². The minimum atomic E-state index is -0.00632. The summed E-state index contributed by atoms with van der Waals surface area (Å²) in [6, 6.07) is 2.10. The Bertz CT molecular complexity index is 737. The standard InChI is InChI=1S/C13H15N3OS2/c1-7(2)8(3)14-11(17)10-6-9-12(19-10)15-13-16(9)4-5-18-13/h4-8H,1-3H3,(H,14,17). The first kappa shape index (κ1) is 12.6. The van der Waals surface area contributed by atoms with Crippen molar-refractivity contribution in [1.29, 1.82) is 0 Å². The fourth-order valence-corrected chi connectivity index (χ4v) is 3.51. The number of thiazole rings is 1. The van der Waals surface area contributed by atoms with Crippen LogP contribution >= 0.6 is 22.7 Å². The van der Waals surface area contributed by atoms with Crippen LogP contribution in [0.4, 0.5) is 0 Å². The Morgan fingerprint density at radius 3 is 2.95 bits per heavy atom. The molecule has 1 atom stereocenters. The van der Waals surface area contributed by atoms with E-state index in [-0.39, 0.29) is 11.9 Å². The first-order valence-corrected chi connectivity index (χ1v) is 7.92. The summed E-state index contributed by atoms with van der Waals surface area (Å²) in [4.78, 5) is 19.3. The molecule has 0 saturated heterocycles. The van der Waals surface area contributed by atoms with Gasteiger partial charge in [-0.25, -0.2) is 4.98 Å². The summed E-state index contributed by atoms with van der Waals surface area (Å²) in [5.41, 5.74) is 1.02. The van der Waals surface area contributed by atoms with E-state index in [0.29, 0.717) is 5.92 Å². The Balaban J connectivity index is 1.92. The molecular formula is C13H15N3OS2. The summed E-state index contributed by atoms with van der Waals surface area (Å²) in [7, 11) is 0. The molecule has 0 aliphatic rings. The van der Waals surface area contributed by atoms with Crippen molar-refractivity contribution in [1.82, 2.24) is 14.7 Å². The van der Waals surface area contributed by atoms with Crippen LogP contribution in [-0.2, 0) is 0 Å². The van der Waals surface area contributed by atoms with Crippen LogP contribution in [0, 0.1) is 5.92 Å². The zero-order valence-electron chi connectivity index (χ0n) is 11.0. The largest absolute Gasteiger partial charge is 0.349 e. The third kappa shape index (κ3) is 2.15. The number of fused-ring (bicyclic) bond motifs is 3. The van der Waals surface area contributed by atoms with Crippen LogP contribution in [0.5, 0.6) is 0 Å². The summed E-state index contributed by atoms with van der Waals surface area (Å²) in [6.07, 6.45) is 1.99. The Hall–Kier alpha value is -1.40. The molecule has 1 unspecified atom stereocenters. The van der Waals surface area contributed by atoms with Gasteiger partial charge in [0, 0.05) is 17.6 Å². The van der Waals surface area contributed by atoms with Gasteiger partial charge in [-0.05, 0) is 18.9 Å². The molecule has 0 aliphatic carbocycles. The zero-order chi connectivity index (χ0) is 13.6. The van der Waals surface area contributed by atoms with Crippen LogP contribution in [0.3, 0.4) is 0 Å². The summed E-state index contributed by atoms with van der Waals surface area (Å²) in [5.74, 6) is 0.423. The minimum absolute atomic E-state index is 0.00632. The van der Waals surface area contributed by atoms with Crippen molar-refractivity contribution in [3.8, 4) is 0 Å². The molecule has 4 nitrogen and oxygen atoms in total. The lowest BCUT2D eigenvalue weighted by atomic mass is 10.1. The highest BCUT2D eigenvalue weighted by Crippen LogP contribution is 2.28. The summed E-state index contributed by atoms with van der Waals surface area (Å²) < 4.78 is 2.03. The van der Waals surface area contributed by atoms with E-state index in [1.165, 1.54) is 11.3 Å². The van der Waals surface area contributed by atoms with Gasteiger partial charge in [-0.1, -0.05) is 13.8 Å². The lowest BCUT2D eigenvalue weighted by Crippen LogP contribution is -2.35. The molecule has 3 aromatic heterocycles. The van der Waals surface area contributed by atoms with E-state index < -0.39 is 0 Å². The highest BCUT2D eigenvalue weighted by atomic mass is 32.1. The molecule has 0 bridgehead atoms. The van der Waals surface area contributed by atoms with Crippen molar-refractivity contribution >= 4 is 43.9 Å². The van der Waals surface area contributed by atoms with Gasteiger partial charge in [-0.2, -0.15) is 0 Å². The number of nitrogens with zero attached hydrogens (tertiary/aromatic N) is 2. The first-order chi connectivity index (χ1) is 9.06. The quantitative estimate of drug-likeness (QED) is 0.804. The SMILES string of the molecule is CC(C)C(C)NC(=O)c1cc2c(nc3sccn32)s1. The number of hydrogen-bond donors (Lipinski definition) is 1. The number of amides is 1. The fraction of sp³-hybridized carbons (Fsp3) is 0.385. The van der Waals surface area contributed by atoms with Gasteiger partial charge < -0.3 is 5.32 Å². The van der Waals surface area contributed by atoms with Crippen molar-refractivity contribution in [2.75, 3.05) is 0 Å². The lowest BCUT2D eigenvalue weighted by molar-refractivity contribution is 0.0934. The molecular weight excluding hydrogens is 278 g/mol. The predicted octanol–water partition coefficient (Wildman–Crippen LogP) is 3.38. The van der Waals surface area contributed by atoms with Crippen molar-refractivity contribution in [2.24, 2.45) is 5.92 Å². The highest BCUT2D eigenvalue weighted by Gasteiger charge is 2.17. The average Bonchev–Trinajstić information content (AvgIpc) is 2.98. The molecule has 1 amide bonds. The van der Waals surface area contributed by atoms with Crippen LogP contribution in [0.25, 0.3) is 15.3 Å². The minimum Gasteiger partial charge on any atom is -0.349 e. The number of aromatic nitrogens is 2. The van der Waals surface area contributed by atoms with Crippen molar-refractivity contribution in [3.63, 3.8) is 0 Å². The van der Waals surface area contributed by atoms with Gasteiger partial charge >= 0.3 is 0 Å². The number of carbonyl (C=O) groups excluding carboxylic acids is 1. The van der Waals surface area contributed by atoms with E-state index >= 15 is 0 Å². The second kappa shape index (κ2) is 4.61. The molecule has 0 saturated carbocycles. The van der Waals surface area contributed by atoms with Gasteiger partial charge in [0.15, 0.2) is 4.96 Å². The monoisotopic (exact) mass is 293 g/mol. The smallest absolute Gasteiger partial charge is 0.261 e. The molecule has 0 aliphatic heterocycles. The Morgan fingerprint density at radius 2 is 2.21 bits per heavy atom. The van der Waals surface area contributed by atoms with Crippen molar-refractivity contribution in [3.05, 3.63) is 22.5 Å². The van der Waals surface area contributed by atoms with Gasteiger partial charge in [0.05, 0.1) is 10.4 Å². The maximum Gasteiger partial charge on any atom is 0.261 e. The third-order valence-electron chi connectivity index (χ3n) is 3.32. The van der Waals surface area contributed by atoms with E-state index in [1.807, 2.05) is 29.0 Å². The van der Waals surface area contributed by atoms with Crippen LogP contribution in [-0.4, -0.2) is 21.3 Å². The Kier molecular flexibility index (Phi) is 3.06. The highest BCUT2D eigenvalue weighted by molar-refractivity contribution is 7.21. The van der Waals surface area contributed by atoms with E-state index in [2.05, 4.69) is 24.1 Å². The molecule has 3 aromatic rings. The number of carbonyl (C=O) groups is 1. The number of hydrogen-bond acceptors (Lipinski definition) is 4. The molecule has 3 heterocycles. The van der Waals surface area contributed by atoms with Crippen molar-refractivity contribution < 1.29 is 4.79 Å². The van der Waals surface area contributed by atoms with Gasteiger partial charge in [0.25, 0.3) is 5.91 Å². The summed E-state index contributed by atoms with van der Waals surface area (Å²) in [6.45, 7) is 6.23. The normalized spacial score (nSPS) is 13.5. The third-order valence-corrected chi connectivity index (χ3v) is 5.10. The first-order valence-electron chi connectivity index (χ1n) is 6.22. The average molecular weight is 293 g/mol. The number of imidazole rings is 1. The van der Waals surface area contributed by atoms with E-state index in [9.17, 15) is 4.79 Å². The topological polar surface area (TPSA) is 46.4 Å². The van der Waals surface area contributed by atoms with Crippen molar-refractivity contribution in [2.45, 2.75) is 26.8 Å². The van der Waals surface area contributed by atoms with Gasteiger partial charge in [-0.3, -0.25) is 9.20 Å². The number of thiophene rings is 1. The van der Waals surface area contributed by atoms with Gasteiger partial charge in [0.1, 0.15) is 4.83 Å². The maximum atomic E-state index is 12.2. The van der Waals surface area contributed by atoms with Gasteiger partial charge in [-0.15, -0.1) is 22.7 Å². The molecule has 0 radical (unpaired) electrons. The molecule has 0 fully saturated rings. The van der Waals surface area contributed by atoms with E-state index in [0.717, 1.165) is 20.2 Å². The lowest BCUT2D eigenvalue weighted by Gasteiger charge is -2.16. The van der Waals surface area contributed by atoms with Crippen LogP contribution < -0.4 is 5.32 Å². The second-order valence-corrected chi connectivity index (χ2v) is 6.88. The molecule has 100 valence electrons. The molecule has 0 aromatic carbocycles. The predicted molar refractivity (Wildman–Crippen MR) is 80.2 cm³/mol. The Labute approximate surface area is 119 Å². The molecule has 1 N–H and O–H groups in total. The molecule has 19 heavy (non-hydrogen) atoms. The Morgan fingerprint density at radius 1 is 1.42 bits per heavy atom. The maximum absolute atomic E-state index is 12.2. The summed E-state index contributed by atoms with van der Waals surface area (Å²) >= 11 is 3.06. The van der Waals surface area contributed by atoms with Gasteiger partial charge in [0.2, 0.25) is 0 Å². The van der Waals surface area contributed by atoms with E-state index in [4.69, 9.17) is 0 Å². The molecule has 0 spiro atoms. The molecule has 3 rings (SSSR count).